The zero-order chi connectivity index (χ0) is 10.8. The SMILES string of the molecule is COc1ccc(C(Cl)C2CCC2)cc1C. The minimum absolute atomic E-state index is 0.184. The number of ether oxygens (including phenoxy) is 1. The first-order chi connectivity index (χ1) is 7.22. The van der Waals surface area contributed by atoms with Gasteiger partial charge in [0.25, 0.3) is 0 Å². The van der Waals surface area contributed by atoms with Crippen LogP contribution in [0.5, 0.6) is 5.75 Å². The van der Waals surface area contributed by atoms with E-state index in [9.17, 15) is 0 Å². The van der Waals surface area contributed by atoms with Crippen LogP contribution in [0.15, 0.2) is 18.2 Å². The third-order valence-electron chi connectivity index (χ3n) is 3.30. The number of hydrogen-bond acceptors (Lipinski definition) is 1. The smallest absolute Gasteiger partial charge is 0.121 e. The molecule has 1 aliphatic carbocycles. The molecule has 0 radical (unpaired) electrons. The van der Waals surface area contributed by atoms with Crippen molar-refractivity contribution in [2.24, 2.45) is 5.92 Å². The molecule has 1 aliphatic rings. The fraction of sp³-hybridized carbons (Fsp3) is 0.538. The van der Waals surface area contributed by atoms with Crippen LogP contribution in [0.25, 0.3) is 0 Å². The van der Waals surface area contributed by atoms with Crippen molar-refractivity contribution in [3.8, 4) is 5.75 Å². The Kier molecular flexibility index (Phi) is 3.20. The molecule has 1 aromatic carbocycles. The van der Waals surface area contributed by atoms with Crippen LogP contribution in [0, 0.1) is 12.8 Å². The molecular formula is C13H17ClO. The molecule has 0 heterocycles. The second kappa shape index (κ2) is 4.44. The number of alkyl halides is 1. The molecular weight excluding hydrogens is 208 g/mol. The van der Waals surface area contributed by atoms with Crippen LogP contribution in [0.2, 0.25) is 0 Å². The van der Waals surface area contributed by atoms with Crippen molar-refractivity contribution in [3.63, 3.8) is 0 Å². The lowest BCUT2D eigenvalue weighted by atomic mass is 9.80. The van der Waals surface area contributed by atoms with Crippen molar-refractivity contribution in [1.29, 1.82) is 0 Å². The maximum absolute atomic E-state index is 6.43. The molecule has 0 amide bonds. The molecule has 2 rings (SSSR count). The molecule has 0 aliphatic heterocycles. The van der Waals surface area contributed by atoms with Crippen LogP contribution in [-0.2, 0) is 0 Å². The molecule has 0 aromatic heterocycles. The molecule has 1 aromatic rings. The van der Waals surface area contributed by atoms with E-state index in [0.717, 1.165) is 5.75 Å². The quantitative estimate of drug-likeness (QED) is 0.703. The molecule has 1 saturated carbocycles. The Morgan fingerprint density at radius 2 is 2.13 bits per heavy atom. The average Bonchev–Trinajstić information content (AvgIpc) is 2.15. The third kappa shape index (κ3) is 2.12. The Bertz CT molecular complexity index is 344. The molecule has 1 fully saturated rings. The minimum Gasteiger partial charge on any atom is -0.496 e. The lowest BCUT2D eigenvalue weighted by Gasteiger charge is -2.30. The first-order valence-electron chi connectivity index (χ1n) is 5.51. The van der Waals surface area contributed by atoms with Crippen molar-refractivity contribution >= 4 is 11.6 Å². The van der Waals surface area contributed by atoms with Gasteiger partial charge in [-0.05, 0) is 42.9 Å². The second-order valence-corrected chi connectivity index (χ2v) is 4.79. The summed E-state index contributed by atoms with van der Waals surface area (Å²) < 4.78 is 5.24. The van der Waals surface area contributed by atoms with E-state index in [4.69, 9.17) is 16.3 Å². The zero-order valence-corrected chi connectivity index (χ0v) is 10.1. The number of halogens is 1. The van der Waals surface area contributed by atoms with Crippen LogP contribution in [-0.4, -0.2) is 7.11 Å². The van der Waals surface area contributed by atoms with Gasteiger partial charge in [0.15, 0.2) is 0 Å². The third-order valence-corrected chi connectivity index (χ3v) is 3.91. The van der Waals surface area contributed by atoms with Crippen LogP contribution >= 0.6 is 11.6 Å². The summed E-state index contributed by atoms with van der Waals surface area (Å²) in [5.74, 6) is 1.62. The summed E-state index contributed by atoms with van der Waals surface area (Å²) in [5.41, 5.74) is 2.40. The Hall–Kier alpha value is -0.690. The highest BCUT2D eigenvalue weighted by Crippen LogP contribution is 2.42. The summed E-state index contributed by atoms with van der Waals surface area (Å²) in [7, 11) is 1.70. The Labute approximate surface area is 96.4 Å². The number of aryl methyl sites for hydroxylation is 1. The predicted octanol–water partition coefficient (Wildman–Crippen LogP) is 4.08. The molecule has 1 unspecified atom stereocenters. The molecule has 0 bridgehead atoms. The topological polar surface area (TPSA) is 9.23 Å². The molecule has 0 spiro atoms. The molecule has 82 valence electrons. The number of methoxy groups -OCH3 is 1. The predicted molar refractivity (Wildman–Crippen MR) is 63.7 cm³/mol. The lowest BCUT2D eigenvalue weighted by Crippen LogP contribution is -2.16. The van der Waals surface area contributed by atoms with Gasteiger partial charge in [-0.2, -0.15) is 0 Å². The monoisotopic (exact) mass is 224 g/mol. The van der Waals surface area contributed by atoms with E-state index in [2.05, 4.69) is 19.1 Å². The molecule has 1 nitrogen and oxygen atoms in total. The first-order valence-corrected chi connectivity index (χ1v) is 5.94. The van der Waals surface area contributed by atoms with Crippen molar-refractivity contribution in [1.82, 2.24) is 0 Å². The normalized spacial score (nSPS) is 18.3. The fourth-order valence-electron chi connectivity index (χ4n) is 2.08. The number of benzene rings is 1. The number of rotatable bonds is 3. The number of hydrogen-bond donors (Lipinski definition) is 0. The Morgan fingerprint density at radius 1 is 1.40 bits per heavy atom. The van der Waals surface area contributed by atoms with Gasteiger partial charge >= 0.3 is 0 Å². The van der Waals surface area contributed by atoms with E-state index in [-0.39, 0.29) is 5.38 Å². The van der Waals surface area contributed by atoms with Crippen LogP contribution in [0.3, 0.4) is 0 Å². The summed E-state index contributed by atoms with van der Waals surface area (Å²) in [4.78, 5) is 0. The molecule has 0 saturated heterocycles. The van der Waals surface area contributed by atoms with Crippen LogP contribution in [0.4, 0.5) is 0 Å². The van der Waals surface area contributed by atoms with Crippen molar-refractivity contribution in [2.45, 2.75) is 31.6 Å². The van der Waals surface area contributed by atoms with E-state index >= 15 is 0 Å². The van der Waals surface area contributed by atoms with E-state index in [1.54, 1.807) is 7.11 Å². The highest BCUT2D eigenvalue weighted by Gasteiger charge is 2.26. The van der Waals surface area contributed by atoms with Gasteiger partial charge in [0.1, 0.15) is 5.75 Å². The van der Waals surface area contributed by atoms with Crippen LogP contribution in [0.1, 0.15) is 35.8 Å². The Balaban J connectivity index is 2.17. The molecule has 0 N–H and O–H groups in total. The van der Waals surface area contributed by atoms with Gasteiger partial charge in [-0.25, -0.2) is 0 Å². The summed E-state index contributed by atoms with van der Waals surface area (Å²) in [6, 6.07) is 6.25. The van der Waals surface area contributed by atoms with E-state index in [1.807, 2.05) is 6.07 Å². The summed E-state index contributed by atoms with van der Waals surface area (Å²) >= 11 is 6.43. The minimum atomic E-state index is 0.184. The second-order valence-electron chi connectivity index (χ2n) is 4.32. The largest absolute Gasteiger partial charge is 0.496 e. The van der Waals surface area contributed by atoms with Crippen LogP contribution < -0.4 is 4.74 Å². The lowest BCUT2D eigenvalue weighted by molar-refractivity contribution is 0.305. The van der Waals surface area contributed by atoms with Gasteiger partial charge in [0.2, 0.25) is 0 Å². The zero-order valence-electron chi connectivity index (χ0n) is 9.29. The maximum Gasteiger partial charge on any atom is 0.121 e. The summed E-state index contributed by atoms with van der Waals surface area (Å²) in [6.07, 6.45) is 3.89. The van der Waals surface area contributed by atoms with Crippen molar-refractivity contribution < 1.29 is 4.74 Å². The molecule has 2 heteroatoms. The van der Waals surface area contributed by atoms with Gasteiger partial charge < -0.3 is 4.74 Å². The summed E-state index contributed by atoms with van der Waals surface area (Å²) in [6.45, 7) is 2.06. The van der Waals surface area contributed by atoms with Gasteiger partial charge in [-0.1, -0.05) is 18.6 Å². The maximum atomic E-state index is 6.43. The van der Waals surface area contributed by atoms with Gasteiger partial charge in [0, 0.05) is 0 Å². The highest BCUT2D eigenvalue weighted by molar-refractivity contribution is 6.21. The summed E-state index contributed by atoms with van der Waals surface area (Å²) in [5, 5.41) is 0.184. The van der Waals surface area contributed by atoms with E-state index in [0.29, 0.717) is 5.92 Å². The van der Waals surface area contributed by atoms with E-state index in [1.165, 1.54) is 30.4 Å². The van der Waals surface area contributed by atoms with Crippen molar-refractivity contribution in [3.05, 3.63) is 29.3 Å². The van der Waals surface area contributed by atoms with Gasteiger partial charge in [-0.15, -0.1) is 11.6 Å². The average molecular weight is 225 g/mol. The molecule has 1 atom stereocenters. The fourth-order valence-corrected chi connectivity index (χ4v) is 2.47. The first kappa shape index (κ1) is 10.8. The standard InChI is InChI=1S/C13H17ClO/c1-9-8-11(6-7-12(9)15-2)13(14)10-4-3-5-10/h6-8,10,13H,3-5H2,1-2H3. The highest BCUT2D eigenvalue weighted by atomic mass is 35.5. The van der Waals surface area contributed by atoms with Gasteiger partial charge in [0.05, 0.1) is 12.5 Å². The van der Waals surface area contributed by atoms with Gasteiger partial charge in [-0.3, -0.25) is 0 Å². The van der Waals surface area contributed by atoms with Crippen molar-refractivity contribution in [2.75, 3.05) is 7.11 Å². The molecule has 15 heavy (non-hydrogen) atoms. The Morgan fingerprint density at radius 3 is 2.60 bits per heavy atom. The van der Waals surface area contributed by atoms with E-state index < -0.39 is 0 Å².